The van der Waals surface area contributed by atoms with Crippen molar-refractivity contribution in [2.75, 3.05) is 4.90 Å². The van der Waals surface area contributed by atoms with E-state index in [0.717, 1.165) is 5.56 Å². The van der Waals surface area contributed by atoms with Gasteiger partial charge in [-0.3, -0.25) is 4.90 Å². The minimum atomic E-state index is 0.564. The highest BCUT2D eigenvalue weighted by atomic mass is 16.5. The summed E-state index contributed by atoms with van der Waals surface area (Å²) < 4.78 is 10.1. The molecule has 0 saturated heterocycles. The van der Waals surface area contributed by atoms with Crippen molar-refractivity contribution < 1.29 is 8.94 Å². The average molecular weight is 240 g/mol. The second-order valence-electron chi connectivity index (χ2n) is 3.62. The Morgan fingerprint density at radius 1 is 1.06 bits per heavy atom. The highest BCUT2D eigenvalue weighted by molar-refractivity contribution is 5.57. The van der Waals surface area contributed by atoms with Gasteiger partial charge in [-0.1, -0.05) is 35.4 Å². The van der Waals surface area contributed by atoms with Crippen molar-refractivity contribution in [3.63, 3.8) is 0 Å². The third-order valence-corrected chi connectivity index (χ3v) is 2.42. The zero-order valence-corrected chi connectivity index (χ0v) is 9.43. The topological polar surface area (TPSA) is 55.3 Å². The summed E-state index contributed by atoms with van der Waals surface area (Å²) in [6.45, 7) is 1.90. The lowest BCUT2D eigenvalue weighted by molar-refractivity contribution is 0.393. The van der Waals surface area contributed by atoms with E-state index in [1.54, 1.807) is 11.2 Å². The Balaban J connectivity index is 1.92. The molecular weight excluding hydrogens is 230 g/mol. The van der Waals surface area contributed by atoms with Gasteiger partial charge in [0.2, 0.25) is 5.88 Å². The predicted octanol–water partition coefficient (Wildman–Crippen LogP) is 3.01. The predicted molar refractivity (Wildman–Crippen MR) is 65.0 cm³/mol. The molecule has 0 atom stereocenters. The average Bonchev–Trinajstić information content (AvgIpc) is 3.11. The molecule has 0 bridgehead atoms. The van der Waals surface area contributed by atoms with Crippen LogP contribution in [0.2, 0.25) is 0 Å². The summed E-state index contributed by atoms with van der Waals surface area (Å²) in [5.41, 5.74) is 1.02. The van der Waals surface area contributed by atoms with Crippen LogP contribution in [-0.2, 0) is 0 Å². The SMILES string of the molecule is [CH](c1ccccc1)N(c1conn1)c1ccco1. The Morgan fingerprint density at radius 2 is 1.94 bits per heavy atom. The van der Waals surface area contributed by atoms with Gasteiger partial charge < -0.3 is 8.94 Å². The molecule has 3 rings (SSSR count). The molecule has 0 aliphatic rings. The fourth-order valence-corrected chi connectivity index (χ4v) is 1.60. The van der Waals surface area contributed by atoms with E-state index in [1.165, 1.54) is 6.26 Å². The molecule has 0 spiro atoms. The number of hydrogen-bond acceptors (Lipinski definition) is 5. The maximum Gasteiger partial charge on any atom is 0.201 e. The van der Waals surface area contributed by atoms with Gasteiger partial charge >= 0.3 is 0 Å². The fraction of sp³-hybridized carbons (Fsp3) is 0. The van der Waals surface area contributed by atoms with Crippen LogP contribution in [0.5, 0.6) is 0 Å². The van der Waals surface area contributed by atoms with E-state index in [0.29, 0.717) is 11.7 Å². The second kappa shape index (κ2) is 4.75. The normalized spacial score (nSPS) is 10.4. The summed E-state index contributed by atoms with van der Waals surface area (Å²) in [5.74, 6) is 1.21. The zero-order valence-electron chi connectivity index (χ0n) is 9.43. The van der Waals surface area contributed by atoms with Gasteiger partial charge in [0, 0.05) is 11.3 Å². The van der Waals surface area contributed by atoms with Crippen LogP contribution >= 0.6 is 0 Å². The molecule has 0 saturated carbocycles. The first-order chi connectivity index (χ1) is 8.93. The summed E-state index contributed by atoms with van der Waals surface area (Å²) in [4.78, 5) is 1.77. The summed E-state index contributed by atoms with van der Waals surface area (Å²) in [5, 5.41) is 7.35. The highest BCUT2D eigenvalue weighted by Crippen LogP contribution is 2.26. The zero-order chi connectivity index (χ0) is 12.2. The van der Waals surface area contributed by atoms with Gasteiger partial charge in [0.15, 0.2) is 12.1 Å². The van der Waals surface area contributed by atoms with Crippen molar-refractivity contribution in [2.45, 2.75) is 0 Å². The van der Waals surface area contributed by atoms with Crippen molar-refractivity contribution in [3.05, 3.63) is 67.1 Å². The van der Waals surface area contributed by atoms with Gasteiger partial charge in [0.1, 0.15) is 0 Å². The highest BCUT2D eigenvalue weighted by Gasteiger charge is 2.16. The molecule has 1 radical (unpaired) electrons. The van der Waals surface area contributed by atoms with E-state index in [2.05, 4.69) is 10.4 Å². The van der Waals surface area contributed by atoms with Gasteiger partial charge in [-0.15, -0.1) is 0 Å². The number of hydrogen-bond donors (Lipinski definition) is 0. The molecule has 1 aromatic carbocycles. The molecule has 2 aromatic heterocycles. The minimum absolute atomic E-state index is 0.564. The molecule has 0 fully saturated rings. The summed E-state index contributed by atoms with van der Waals surface area (Å²) in [7, 11) is 0. The molecule has 0 aliphatic heterocycles. The molecule has 89 valence electrons. The monoisotopic (exact) mass is 240 g/mol. The molecule has 0 unspecified atom stereocenters. The standard InChI is InChI=1S/C13H10N3O2/c1-2-5-11(6-3-1)9-16(12-10-18-15-14-12)13-7-4-8-17-13/h1-10H. The lowest BCUT2D eigenvalue weighted by Crippen LogP contribution is -2.13. The van der Waals surface area contributed by atoms with E-state index in [1.807, 2.05) is 49.0 Å². The molecule has 3 aromatic rings. The lowest BCUT2D eigenvalue weighted by atomic mass is 10.2. The van der Waals surface area contributed by atoms with Gasteiger partial charge in [-0.05, 0) is 11.6 Å². The first-order valence-corrected chi connectivity index (χ1v) is 5.43. The Hall–Kier alpha value is -2.56. The van der Waals surface area contributed by atoms with Crippen molar-refractivity contribution in [2.24, 2.45) is 0 Å². The fourth-order valence-electron chi connectivity index (χ4n) is 1.60. The van der Waals surface area contributed by atoms with Crippen molar-refractivity contribution in [3.8, 4) is 0 Å². The van der Waals surface area contributed by atoms with Crippen LogP contribution in [0.1, 0.15) is 5.56 Å². The van der Waals surface area contributed by atoms with Gasteiger partial charge in [-0.25, -0.2) is 0 Å². The molecule has 0 aliphatic carbocycles. The molecule has 18 heavy (non-hydrogen) atoms. The number of rotatable bonds is 4. The summed E-state index contributed by atoms with van der Waals surface area (Å²) in [6, 6.07) is 13.5. The molecule has 5 nitrogen and oxygen atoms in total. The lowest BCUT2D eigenvalue weighted by Gasteiger charge is -2.17. The van der Waals surface area contributed by atoms with Crippen LogP contribution < -0.4 is 4.90 Å². The van der Waals surface area contributed by atoms with Crippen LogP contribution in [0.3, 0.4) is 0 Å². The number of furan rings is 1. The van der Waals surface area contributed by atoms with Crippen molar-refractivity contribution >= 4 is 11.7 Å². The van der Waals surface area contributed by atoms with Gasteiger partial charge in [0.05, 0.1) is 12.8 Å². The maximum atomic E-state index is 5.38. The third kappa shape index (κ3) is 2.10. The quantitative estimate of drug-likeness (QED) is 0.701. The van der Waals surface area contributed by atoms with Crippen LogP contribution in [0, 0.1) is 6.54 Å². The smallest absolute Gasteiger partial charge is 0.201 e. The molecule has 2 heterocycles. The van der Waals surface area contributed by atoms with E-state index in [9.17, 15) is 0 Å². The molecule has 0 N–H and O–H groups in total. The van der Waals surface area contributed by atoms with E-state index in [4.69, 9.17) is 8.94 Å². The summed E-state index contributed by atoms with van der Waals surface area (Å²) in [6.07, 6.45) is 3.07. The number of nitrogens with zero attached hydrogens (tertiary/aromatic N) is 3. The largest absolute Gasteiger partial charge is 0.448 e. The van der Waals surface area contributed by atoms with Gasteiger partial charge in [-0.2, -0.15) is 0 Å². The minimum Gasteiger partial charge on any atom is -0.448 e. The maximum absolute atomic E-state index is 5.38. The van der Waals surface area contributed by atoms with Crippen molar-refractivity contribution in [1.82, 2.24) is 10.4 Å². The Kier molecular flexibility index (Phi) is 2.79. The molecular formula is C13H10N3O2. The Labute approximate surface area is 104 Å². The van der Waals surface area contributed by atoms with Crippen LogP contribution in [-0.4, -0.2) is 10.4 Å². The van der Waals surface area contributed by atoms with Crippen LogP contribution in [0.25, 0.3) is 0 Å². The van der Waals surface area contributed by atoms with E-state index in [-0.39, 0.29) is 0 Å². The van der Waals surface area contributed by atoms with Crippen LogP contribution in [0.15, 0.2) is 63.9 Å². The van der Waals surface area contributed by atoms with E-state index < -0.39 is 0 Å². The van der Waals surface area contributed by atoms with E-state index >= 15 is 0 Å². The van der Waals surface area contributed by atoms with Crippen LogP contribution in [0.4, 0.5) is 11.7 Å². The Morgan fingerprint density at radius 3 is 2.61 bits per heavy atom. The molecule has 5 heteroatoms. The first kappa shape index (κ1) is 10.6. The van der Waals surface area contributed by atoms with Crippen molar-refractivity contribution in [1.29, 1.82) is 0 Å². The summed E-state index contributed by atoms with van der Waals surface area (Å²) >= 11 is 0. The second-order valence-corrected chi connectivity index (χ2v) is 3.62. The third-order valence-electron chi connectivity index (χ3n) is 2.42. The van der Waals surface area contributed by atoms with Gasteiger partial charge in [0.25, 0.3) is 0 Å². The number of anilines is 2. The molecule has 0 amide bonds. The first-order valence-electron chi connectivity index (χ1n) is 5.43. The Bertz CT molecular complexity index is 542. The number of benzene rings is 1. The number of aromatic nitrogens is 2.